The van der Waals surface area contributed by atoms with Crippen molar-refractivity contribution in [3.8, 4) is 0 Å². The van der Waals surface area contributed by atoms with E-state index < -0.39 is 53.2 Å². The Morgan fingerprint density at radius 2 is 1.59 bits per heavy atom. The summed E-state index contributed by atoms with van der Waals surface area (Å²) in [7, 11) is 0. The van der Waals surface area contributed by atoms with Crippen molar-refractivity contribution in [2.75, 3.05) is 0 Å². The van der Waals surface area contributed by atoms with Gasteiger partial charge in [-0.05, 0) is 57.1 Å². The van der Waals surface area contributed by atoms with Crippen molar-refractivity contribution in [2.45, 2.75) is 105 Å². The van der Waals surface area contributed by atoms with E-state index in [4.69, 9.17) is 9.47 Å². The van der Waals surface area contributed by atoms with E-state index in [0.717, 1.165) is 5.56 Å². The zero-order valence-corrected chi connectivity index (χ0v) is 22.1. The Balaban J connectivity index is 2.87. The second kappa shape index (κ2) is 9.92. The second-order valence-corrected chi connectivity index (χ2v) is 11.7. The van der Waals surface area contributed by atoms with Gasteiger partial charge in [0, 0.05) is 4.92 Å². The molecule has 0 unspecified atom stereocenters. The topological polar surface area (TPSA) is 99.0 Å². The minimum Gasteiger partial charge on any atom is -0.458 e. The van der Waals surface area contributed by atoms with Crippen LogP contribution in [0.4, 0.5) is 4.79 Å². The number of ether oxygens (including phenoxy) is 2. The van der Waals surface area contributed by atoms with Crippen LogP contribution in [0.1, 0.15) is 92.3 Å². The lowest BCUT2D eigenvalue weighted by molar-refractivity contribution is -0.536. The monoisotopic (exact) mass is 476 g/mol. The van der Waals surface area contributed by atoms with Crippen molar-refractivity contribution in [1.82, 2.24) is 4.90 Å². The average molecular weight is 477 g/mol. The SMILES string of the molecule is CC(C)OC(=O)N1[C@H](C(=O)OC(C)(C)C)[C@@H](C(C)(C)C)[C@H]([N+](=O)[O-])[C@@H]1c1ccccc1C(C)C. The third-order valence-corrected chi connectivity index (χ3v) is 6.01. The number of nitrogens with zero attached hydrogens (tertiary/aromatic N) is 2. The number of nitro groups is 1. The number of hydrogen-bond acceptors (Lipinski definition) is 6. The molecule has 1 amide bonds. The summed E-state index contributed by atoms with van der Waals surface area (Å²) in [5.74, 6) is -1.41. The quantitative estimate of drug-likeness (QED) is 0.306. The molecule has 0 N–H and O–H groups in total. The Morgan fingerprint density at radius 1 is 1.03 bits per heavy atom. The molecule has 8 heteroatoms. The van der Waals surface area contributed by atoms with E-state index in [1.54, 1.807) is 40.7 Å². The molecule has 0 aromatic heterocycles. The van der Waals surface area contributed by atoms with Crippen LogP contribution in [0.3, 0.4) is 0 Å². The van der Waals surface area contributed by atoms with Crippen LogP contribution in [0.2, 0.25) is 0 Å². The van der Waals surface area contributed by atoms with E-state index >= 15 is 0 Å². The van der Waals surface area contributed by atoms with Crippen LogP contribution in [-0.2, 0) is 14.3 Å². The summed E-state index contributed by atoms with van der Waals surface area (Å²) in [6.07, 6.45) is -1.22. The van der Waals surface area contributed by atoms with Crippen LogP contribution in [0.5, 0.6) is 0 Å². The summed E-state index contributed by atoms with van der Waals surface area (Å²) in [6.45, 7) is 18.2. The van der Waals surface area contributed by atoms with E-state index in [9.17, 15) is 19.7 Å². The van der Waals surface area contributed by atoms with Crippen molar-refractivity contribution in [2.24, 2.45) is 11.3 Å². The summed E-state index contributed by atoms with van der Waals surface area (Å²) in [6, 6.07) is 4.01. The molecule has 1 saturated heterocycles. The molecule has 0 saturated carbocycles. The molecule has 0 bridgehead atoms. The molecule has 190 valence electrons. The number of hydrogen-bond donors (Lipinski definition) is 0. The van der Waals surface area contributed by atoms with E-state index in [1.165, 1.54) is 4.90 Å². The number of benzene rings is 1. The Morgan fingerprint density at radius 3 is 2.03 bits per heavy atom. The third kappa shape index (κ3) is 5.88. The van der Waals surface area contributed by atoms with Crippen LogP contribution in [-0.4, -0.2) is 45.7 Å². The average Bonchev–Trinajstić information content (AvgIpc) is 3.03. The minimum atomic E-state index is -1.22. The van der Waals surface area contributed by atoms with Crippen LogP contribution in [0.15, 0.2) is 24.3 Å². The molecular weight excluding hydrogens is 436 g/mol. The third-order valence-electron chi connectivity index (χ3n) is 6.01. The van der Waals surface area contributed by atoms with Crippen molar-refractivity contribution in [1.29, 1.82) is 0 Å². The Kier molecular flexibility index (Phi) is 8.05. The molecule has 4 atom stereocenters. The molecule has 8 nitrogen and oxygen atoms in total. The molecular formula is C26H40N2O6. The first-order chi connectivity index (χ1) is 15.5. The molecule has 1 aliphatic rings. The lowest BCUT2D eigenvalue weighted by Gasteiger charge is -2.35. The summed E-state index contributed by atoms with van der Waals surface area (Å²) in [5.41, 5.74) is 0.0296. The predicted molar refractivity (Wildman–Crippen MR) is 130 cm³/mol. The van der Waals surface area contributed by atoms with Gasteiger partial charge in [0.15, 0.2) is 0 Å². The van der Waals surface area contributed by atoms with E-state index in [0.29, 0.717) is 5.56 Å². The van der Waals surface area contributed by atoms with Gasteiger partial charge in [-0.2, -0.15) is 0 Å². The van der Waals surface area contributed by atoms with Crippen molar-refractivity contribution >= 4 is 12.1 Å². The zero-order valence-electron chi connectivity index (χ0n) is 22.1. The minimum absolute atomic E-state index is 0.0558. The summed E-state index contributed by atoms with van der Waals surface area (Å²) in [5, 5.41) is 12.6. The van der Waals surface area contributed by atoms with Crippen molar-refractivity contribution in [3.63, 3.8) is 0 Å². The first-order valence-corrected chi connectivity index (χ1v) is 11.9. The van der Waals surface area contributed by atoms with E-state index in [2.05, 4.69) is 0 Å². The Hall–Kier alpha value is -2.64. The molecule has 34 heavy (non-hydrogen) atoms. The number of rotatable bonds is 5. The fourth-order valence-corrected chi connectivity index (χ4v) is 4.88. The van der Waals surface area contributed by atoms with Gasteiger partial charge in [0.25, 0.3) is 0 Å². The summed E-state index contributed by atoms with van der Waals surface area (Å²) < 4.78 is 11.3. The number of amides is 1. The van der Waals surface area contributed by atoms with Crippen LogP contribution < -0.4 is 0 Å². The number of likely N-dealkylation sites (tertiary alicyclic amines) is 1. The fraction of sp³-hybridized carbons (Fsp3) is 0.692. The highest BCUT2D eigenvalue weighted by molar-refractivity contribution is 5.84. The Labute approximate surface area is 203 Å². The predicted octanol–water partition coefficient (Wildman–Crippen LogP) is 5.73. The van der Waals surface area contributed by atoms with Crippen LogP contribution in [0.25, 0.3) is 0 Å². The van der Waals surface area contributed by atoms with Gasteiger partial charge in [-0.3, -0.25) is 15.0 Å². The number of carbonyl (C=O) groups is 2. The Bertz CT molecular complexity index is 913. The first-order valence-electron chi connectivity index (χ1n) is 11.9. The molecule has 0 spiro atoms. The maximum absolute atomic E-state index is 13.6. The molecule has 1 aromatic carbocycles. The lowest BCUT2D eigenvalue weighted by atomic mass is 9.72. The van der Waals surface area contributed by atoms with E-state index in [-0.39, 0.29) is 10.8 Å². The molecule has 1 heterocycles. The van der Waals surface area contributed by atoms with Gasteiger partial charge in [0.2, 0.25) is 6.04 Å². The molecule has 0 aliphatic carbocycles. The van der Waals surface area contributed by atoms with Gasteiger partial charge < -0.3 is 9.47 Å². The first kappa shape index (κ1) is 27.6. The smallest absolute Gasteiger partial charge is 0.411 e. The lowest BCUT2D eigenvalue weighted by Crippen LogP contribution is -2.50. The van der Waals surface area contributed by atoms with Gasteiger partial charge in [0.1, 0.15) is 17.7 Å². The highest BCUT2D eigenvalue weighted by Crippen LogP contribution is 2.51. The maximum Gasteiger partial charge on any atom is 0.411 e. The highest BCUT2D eigenvalue weighted by atomic mass is 16.6. The number of esters is 1. The zero-order chi connectivity index (χ0) is 26.2. The van der Waals surface area contributed by atoms with Gasteiger partial charge in [-0.25, -0.2) is 9.59 Å². The molecule has 0 radical (unpaired) electrons. The van der Waals surface area contributed by atoms with Gasteiger partial charge >= 0.3 is 12.1 Å². The van der Waals surface area contributed by atoms with E-state index in [1.807, 2.05) is 52.8 Å². The second-order valence-electron chi connectivity index (χ2n) is 11.7. The largest absolute Gasteiger partial charge is 0.458 e. The fourth-order valence-electron chi connectivity index (χ4n) is 4.88. The molecule has 2 rings (SSSR count). The van der Waals surface area contributed by atoms with Crippen molar-refractivity contribution in [3.05, 3.63) is 45.5 Å². The van der Waals surface area contributed by atoms with Gasteiger partial charge in [-0.15, -0.1) is 0 Å². The summed E-state index contributed by atoms with van der Waals surface area (Å²) >= 11 is 0. The standard InChI is InChI=1S/C26H40N2O6/c1-15(2)17-13-11-12-14-18(17)20-21(28(31)32)19(25(5,6)7)22(23(29)34-26(8,9)10)27(20)24(30)33-16(3)4/h11-16,19-22H,1-10H3/t19-,20-,21-,22-/m0/s1. The van der Waals surface area contributed by atoms with Gasteiger partial charge in [0.05, 0.1) is 12.0 Å². The van der Waals surface area contributed by atoms with Crippen LogP contribution >= 0.6 is 0 Å². The number of carbonyl (C=O) groups excluding carboxylic acids is 2. The maximum atomic E-state index is 13.6. The summed E-state index contributed by atoms with van der Waals surface area (Å²) in [4.78, 5) is 40.7. The van der Waals surface area contributed by atoms with Crippen LogP contribution in [0, 0.1) is 21.4 Å². The normalized spacial score (nSPS) is 23.4. The molecule has 1 aromatic rings. The molecule has 1 fully saturated rings. The molecule has 1 aliphatic heterocycles. The van der Waals surface area contributed by atoms with Gasteiger partial charge in [-0.1, -0.05) is 58.9 Å². The van der Waals surface area contributed by atoms with Crippen molar-refractivity contribution < 1.29 is 24.0 Å². The highest BCUT2D eigenvalue weighted by Gasteiger charge is 2.65.